The van der Waals surface area contributed by atoms with Gasteiger partial charge in [0.25, 0.3) is 5.91 Å². The van der Waals surface area contributed by atoms with Crippen molar-refractivity contribution in [2.45, 2.75) is 19.8 Å². The van der Waals surface area contributed by atoms with Crippen molar-refractivity contribution >= 4 is 5.91 Å². The Bertz CT molecular complexity index is 1220. The van der Waals surface area contributed by atoms with Crippen LogP contribution >= 0.6 is 0 Å². The summed E-state index contributed by atoms with van der Waals surface area (Å²) in [7, 11) is 1.59. The van der Waals surface area contributed by atoms with E-state index in [0.717, 1.165) is 16.7 Å². The maximum atomic E-state index is 12.7. The first kappa shape index (κ1) is 22.8. The number of methoxy groups -OCH3 is 1. The van der Waals surface area contributed by atoms with Crippen molar-refractivity contribution in [2.75, 3.05) is 7.11 Å². The number of nitrogens with zero attached hydrogens (tertiary/aromatic N) is 2. The van der Waals surface area contributed by atoms with Crippen molar-refractivity contribution in [1.82, 2.24) is 15.3 Å². The average molecular weight is 456 g/mol. The summed E-state index contributed by atoms with van der Waals surface area (Å²) in [5.74, 6) is 1.41. The SMILES string of the molecule is COc1cc(CNC(=O)c2ccnc(OCc3ccccc3)c2)ccc1OCc1ccncc1. The molecule has 2 aromatic heterocycles. The van der Waals surface area contributed by atoms with Crippen LogP contribution in [0.1, 0.15) is 27.0 Å². The molecule has 2 aromatic carbocycles. The number of rotatable bonds is 10. The maximum absolute atomic E-state index is 12.7. The lowest BCUT2D eigenvalue weighted by atomic mass is 10.2. The first-order valence-corrected chi connectivity index (χ1v) is 10.8. The molecule has 0 spiro atoms. The van der Waals surface area contributed by atoms with Gasteiger partial charge in [0.05, 0.1) is 7.11 Å². The van der Waals surface area contributed by atoms with E-state index in [1.54, 1.807) is 37.8 Å². The number of hydrogen-bond acceptors (Lipinski definition) is 6. The van der Waals surface area contributed by atoms with Crippen molar-refractivity contribution in [2.24, 2.45) is 0 Å². The zero-order chi connectivity index (χ0) is 23.6. The number of ether oxygens (including phenoxy) is 3. The number of carbonyl (C=O) groups is 1. The van der Waals surface area contributed by atoms with Crippen molar-refractivity contribution in [1.29, 1.82) is 0 Å². The van der Waals surface area contributed by atoms with E-state index in [1.165, 1.54) is 0 Å². The molecule has 2 heterocycles. The molecule has 4 aromatic rings. The van der Waals surface area contributed by atoms with Crippen LogP contribution in [-0.2, 0) is 19.8 Å². The zero-order valence-corrected chi connectivity index (χ0v) is 18.8. The van der Waals surface area contributed by atoms with E-state index in [-0.39, 0.29) is 5.91 Å². The Balaban J connectivity index is 1.33. The number of hydrogen-bond donors (Lipinski definition) is 1. The van der Waals surface area contributed by atoms with E-state index < -0.39 is 0 Å². The summed E-state index contributed by atoms with van der Waals surface area (Å²) in [5.41, 5.74) is 3.40. The molecule has 1 N–H and O–H groups in total. The summed E-state index contributed by atoms with van der Waals surface area (Å²) in [5, 5.41) is 2.92. The van der Waals surface area contributed by atoms with Gasteiger partial charge >= 0.3 is 0 Å². The van der Waals surface area contributed by atoms with Crippen LogP contribution in [0.5, 0.6) is 17.4 Å². The minimum atomic E-state index is -0.219. The molecule has 4 rings (SSSR count). The third-order valence-electron chi connectivity index (χ3n) is 5.05. The average Bonchev–Trinajstić information content (AvgIpc) is 2.91. The highest BCUT2D eigenvalue weighted by molar-refractivity contribution is 5.94. The number of benzene rings is 2. The van der Waals surface area contributed by atoms with Gasteiger partial charge in [0.1, 0.15) is 13.2 Å². The molecule has 7 heteroatoms. The molecule has 0 saturated heterocycles. The summed E-state index contributed by atoms with van der Waals surface area (Å²) in [6, 6.07) is 22.5. The maximum Gasteiger partial charge on any atom is 0.251 e. The van der Waals surface area contributed by atoms with Crippen LogP contribution in [0.2, 0.25) is 0 Å². The minimum absolute atomic E-state index is 0.219. The second-order valence-electron chi connectivity index (χ2n) is 7.47. The molecule has 0 radical (unpaired) electrons. The minimum Gasteiger partial charge on any atom is -0.493 e. The van der Waals surface area contributed by atoms with E-state index in [1.807, 2.05) is 60.7 Å². The second-order valence-corrected chi connectivity index (χ2v) is 7.47. The van der Waals surface area contributed by atoms with E-state index >= 15 is 0 Å². The second kappa shape index (κ2) is 11.5. The van der Waals surface area contributed by atoms with Crippen molar-refractivity contribution in [3.8, 4) is 17.4 Å². The number of carbonyl (C=O) groups excluding carboxylic acids is 1. The Morgan fingerprint density at radius 1 is 0.794 bits per heavy atom. The van der Waals surface area contributed by atoms with Gasteiger partial charge in [0, 0.05) is 36.8 Å². The van der Waals surface area contributed by atoms with E-state index in [0.29, 0.717) is 42.7 Å². The van der Waals surface area contributed by atoms with Crippen molar-refractivity contribution in [3.63, 3.8) is 0 Å². The molecule has 34 heavy (non-hydrogen) atoms. The highest BCUT2D eigenvalue weighted by atomic mass is 16.5. The Kier molecular flexibility index (Phi) is 7.69. The van der Waals surface area contributed by atoms with Gasteiger partial charge in [-0.25, -0.2) is 4.98 Å². The molecule has 1 amide bonds. The van der Waals surface area contributed by atoms with E-state index in [2.05, 4.69) is 15.3 Å². The molecule has 0 saturated carbocycles. The predicted molar refractivity (Wildman–Crippen MR) is 128 cm³/mol. The van der Waals surface area contributed by atoms with Crippen LogP contribution in [-0.4, -0.2) is 23.0 Å². The molecular weight excluding hydrogens is 430 g/mol. The van der Waals surface area contributed by atoms with Crippen molar-refractivity contribution in [3.05, 3.63) is 114 Å². The summed E-state index contributed by atoms with van der Waals surface area (Å²) < 4.78 is 17.1. The first-order valence-electron chi connectivity index (χ1n) is 10.8. The fourth-order valence-corrected chi connectivity index (χ4v) is 3.23. The Hall–Kier alpha value is -4.39. The third-order valence-corrected chi connectivity index (χ3v) is 5.05. The van der Waals surface area contributed by atoms with Gasteiger partial charge in [-0.15, -0.1) is 0 Å². The monoisotopic (exact) mass is 455 g/mol. The van der Waals surface area contributed by atoms with Crippen LogP contribution in [0.3, 0.4) is 0 Å². The van der Waals surface area contributed by atoms with Gasteiger partial charge in [-0.05, 0) is 47.0 Å². The zero-order valence-electron chi connectivity index (χ0n) is 18.8. The standard InChI is InChI=1S/C27H25N3O4/c1-32-25-15-22(7-8-24(25)33-18-21-9-12-28-13-10-21)17-30-27(31)23-11-14-29-26(16-23)34-19-20-5-3-2-4-6-20/h2-16H,17-19H2,1H3,(H,30,31). The Labute approximate surface area is 198 Å². The largest absolute Gasteiger partial charge is 0.493 e. The van der Waals surface area contributed by atoms with Crippen LogP contribution in [0.25, 0.3) is 0 Å². The van der Waals surface area contributed by atoms with Gasteiger partial charge in [0.15, 0.2) is 11.5 Å². The van der Waals surface area contributed by atoms with Crippen LogP contribution in [0.15, 0.2) is 91.4 Å². The molecule has 0 aliphatic heterocycles. The molecular formula is C27H25N3O4. The Morgan fingerprint density at radius 3 is 2.35 bits per heavy atom. The predicted octanol–water partition coefficient (Wildman–Crippen LogP) is 4.57. The summed E-state index contributed by atoms with van der Waals surface area (Å²) in [6.45, 7) is 1.13. The fraction of sp³-hybridized carbons (Fsp3) is 0.148. The molecule has 0 fully saturated rings. The number of pyridine rings is 2. The quantitative estimate of drug-likeness (QED) is 0.377. The van der Waals surface area contributed by atoms with Gasteiger partial charge in [-0.1, -0.05) is 36.4 Å². The number of nitrogens with one attached hydrogen (secondary N) is 1. The third kappa shape index (κ3) is 6.32. The number of aromatic nitrogens is 2. The van der Waals surface area contributed by atoms with E-state index in [4.69, 9.17) is 14.2 Å². The van der Waals surface area contributed by atoms with E-state index in [9.17, 15) is 4.79 Å². The molecule has 172 valence electrons. The van der Waals surface area contributed by atoms with Gasteiger partial charge in [-0.2, -0.15) is 0 Å². The lowest BCUT2D eigenvalue weighted by Crippen LogP contribution is -2.22. The van der Waals surface area contributed by atoms with Crippen LogP contribution < -0.4 is 19.5 Å². The normalized spacial score (nSPS) is 10.4. The highest BCUT2D eigenvalue weighted by Crippen LogP contribution is 2.29. The lowest BCUT2D eigenvalue weighted by molar-refractivity contribution is 0.0950. The first-order chi connectivity index (χ1) is 16.7. The molecule has 0 aliphatic rings. The lowest BCUT2D eigenvalue weighted by Gasteiger charge is -2.13. The molecule has 0 bridgehead atoms. The van der Waals surface area contributed by atoms with Crippen molar-refractivity contribution < 1.29 is 19.0 Å². The van der Waals surface area contributed by atoms with Crippen LogP contribution in [0, 0.1) is 0 Å². The molecule has 7 nitrogen and oxygen atoms in total. The number of amides is 1. The molecule has 0 aliphatic carbocycles. The summed E-state index contributed by atoms with van der Waals surface area (Å²) in [6.07, 6.45) is 5.01. The topological polar surface area (TPSA) is 82.6 Å². The van der Waals surface area contributed by atoms with Crippen LogP contribution in [0.4, 0.5) is 0 Å². The van der Waals surface area contributed by atoms with Gasteiger partial charge in [-0.3, -0.25) is 9.78 Å². The molecule has 0 atom stereocenters. The highest BCUT2D eigenvalue weighted by Gasteiger charge is 2.10. The Morgan fingerprint density at radius 2 is 1.56 bits per heavy atom. The fourth-order valence-electron chi connectivity index (χ4n) is 3.23. The summed E-state index contributed by atoms with van der Waals surface area (Å²) >= 11 is 0. The van der Waals surface area contributed by atoms with Gasteiger partial charge in [0.2, 0.25) is 5.88 Å². The summed E-state index contributed by atoms with van der Waals surface area (Å²) in [4.78, 5) is 20.9. The molecule has 0 unspecified atom stereocenters. The van der Waals surface area contributed by atoms with Gasteiger partial charge < -0.3 is 19.5 Å². The smallest absolute Gasteiger partial charge is 0.251 e.